The molecule has 1 atom stereocenters. The summed E-state index contributed by atoms with van der Waals surface area (Å²) < 4.78 is 31.4. The Balaban J connectivity index is 2.12. The number of ether oxygens (including phenoxy) is 1. The zero-order valence-corrected chi connectivity index (χ0v) is 12.8. The second-order valence-corrected chi connectivity index (χ2v) is 7.27. The van der Waals surface area contributed by atoms with Crippen molar-refractivity contribution in [3.05, 3.63) is 24.3 Å². The van der Waals surface area contributed by atoms with Crippen molar-refractivity contribution in [1.82, 2.24) is 4.31 Å². The second kappa shape index (κ2) is 6.56. The Morgan fingerprint density at radius 1 is 1.30 bits per heavy atom. The average molecular weight is 298 g/mol. The zero-order valence-electron chi connectivity index (χ0n) is 12.0. The van der Waals surface area contributed by atoms with Gasteiger partial charge < -0.3 is 10.1 Å². The summed E-state index contributed by atoms with van der Waals surface area (Å²) in [6.45, 7) is 1.43. The highest BCUT2D eigenvalue weighted by atomic mass is 32.2. The molecule has 1 aromatic carbocycles. The minimum atomic E-state index is -3.43. The van der Waals surface area contributed by atoms with Gasteiger partial charge in [-0.1, -0.05) is 12.1 Å². The number of nitrogens with zero attached hydrogens (tertiary/aromatic N) is 1. The summed E-state index contributed by atoms with van der Waals surface area (Å²) in [5.74, 6) is 0. The van der Waals surface area contributed by atoms with Crippen LogP contribution in [0.15, 0.2) is 29.2 Å². The van der Waals surface area contributed by atoms with Crippen molar-refractivity contribution in [2.45, 2.75) is 30.3 Å². The monoisotopic (exact) mass is 298 g/mol. The van der Waals surface area contributed by atoms with Gasteiger partial charge in [0.1, 0.15) is 4.90 Å². The fourth-order valence-corrected chi connectivity index (χ4v) is 3.29. The summed E-state index contributed by atoms with van der Waals surface area (Å²) in [5, 5.41) is 3.21. The van der Waals surface area contributed by atoms with Gasteiger partial charge in [0.25, 0.3) is 0 Å². The van der Waals surface area contributed by atoms with Crippen LogP contribution in [-0.2, 0) is 14.8 Å². The SMILES string of the molecule is CN(C)S(=O)(=O)c1ccccc1NCC1CCCCO1. The number of benzene rings is 1. The minimum absolute atomic E-state index is 0.166. The fourth-order valence-electron chi connectivity index (χ4n) is 2.23. The number of hydrogen-bond acceptors (Lipinski definition) is 4. The minimum Gasteiger partial charge on any atom is -0.381 e. The van der Waals surface area contributed by atoms with E-state index < -0.39 is 10.0 Å². The van der Waals surface area contributed by atoms with E-state index in [1.807, 2.05) is 6.07 Å². The molecule has 2 rings (SSSR count). The summed E-state index contributed by atoms with van der Waals surface area (Å²) in [4.78, 5) is 0.306. The predicted molar refractivity (Wildman–Crippen MR) is 79.4 cm³/mol. The molecular weight excluding hydrogens is 276 g/mol. The Morgan fingerprint density at radius 3 is 2.70 bits per heavy atom. The molecule has 6 heteroatoms. The van der Waals surface area contributed by atoms with Crippen LogP contribution in [0.3, 0.4) is 0 Å². The Morgan fingerprint density at radius 2 is 2.05 bits per heavy atom. The standard InChI is InChI=1S/C14H22N2O3S/c1-16(2)20(17,18)14-9-4-3-8-13(14)15-11-12-7-5-6-10-19-12/h3-4,8-9,12,15H,5-7,10-11H2,1-2H3. The summed E-state index contributed by atoms with van der Waals surface area (Å²) >= 11 is 0. The molecule has 0 amide bonds. The predicted octanol–water partition coefficient (Wildman–Crippen LogP) is 1.92. The van der Waals surface area contributed by atoms with Crippen LogP contribution in [0, 0.1) is 0 Å². The fraction of sp³-hybridized carbons (Fsp3) is 0.571. The topological polar surface area (TPSA) is 58.6 Å². The van der Waals surface area contributed by atoms with E-state index in [9.17, 15) is 8.42 Å². The van der Waals surface area contributed by atoms with Crippen LogP contribution in [0.2, 0.25) is 0 Å². The Bertz CT molecular complexity index is 537. The number of nitrogens with one attached hydrogen (secondary N) is 1. The number of hydrogen-bond donors (Lipinski definition) is 1. The molecule has 1 aliphatic heterocycles. The van der Waals surface area contributed by atoms with Gasteiger partial charge in [0.2, 0.25) is 10.0 Å². The highest BCUT2D eigenvalue weighted by molar-refractivity contribution is 7.89. The molecule has 1 fully saturated rings. The molecule has 0 aliphatic carbocycles. The highest BCUT2D eigenvalue weighted by Gasteiger charge is 2.21. The summed E-state index contributed by atoms with van der Waals surface area (Å²) in [5.41, 5.74) is 0.635. The first-order valence-electron chi connectivity index (χ1n) is 6.89. The van der Waals surface area contributed by atoms with Crippen molar-refractivity contribution in [2.24, 2.45) is 0 Å². The normalized spacial score (nSPS) is 20.1. The Hall–Kier alpha value is -1.11. The summed E-state index contributed by atoms with van der Waals surface area (Å²) in [6, 6.07) is 6.98. The smallest absolute Gasteiger partial charge is 0.244 e. The van der Waals surface area contributed by atoms with E-state index in [1.165, 1.54) is 24.8 Å². The molecule has 1 heterocycles. The van der Waals surface area contributed by atoms with Crippen molar-refractivity contribution in [1.29, 1.82) is 0 Å². The maximum absolute atomic E-state index is 12.3. The van der Waals surface area contributed by atoms with E-state index in [4.69, 9.17) is 4.74 Å². The van der Waals surface area contributed by atoms with Crippen molar-refractivity contribution in [3.63, 3.8) is 0 Å². The molecule has 5 nitrogen and oxygen atoms in total. The maximum atomic E-state index is 12.3. The third-order valence-electron chi connectivity index (χ3n) is 3.44. The van der Waals surface area contributed by atoms with Gasteiger partial charge in [0, 0.05) is 27.2 Å². The molecule has 112 valence electrons. The number of anilines is 1. The molecule has 0 spiro atoms. The lowest BCUT2D eigenvalue weighted by molar-refractivity contribution is 0.0247. The van der Waals surface area contributed by atoms with Gasteiger partial charge in [-0.2, -0.15) is 0 Å². The largest absolute Gasteiger partial charge is 0.381 e. The van der Waals surface area contributed by atoms with Crippen LogP contribution in [0.1, 0.15) is 19.3 Å². The van der Waals surface area contributed by atoms with E-state index in [-0.39, 0.29) is 6.10 Å². The number of rotatable bonds is 5. The van der Waals surface area contributed by atoms with E-state index in [0.29, 0.717) is 17.1 Å². The van der Waals surface area contributed by atoms with Crippen LogP contribution >= 0.6 is 0 Å². The summed E-state index contributed by atoms with van der Waals surface area (Å²) in [6.07, 6.45) is 3.47. The first-order valence-corrected chi connectivity index (χ1v) is 8.33. The van der Waals surface area contributed by atoms with Crippen molar-refractivity contribution in [2.75, 3.05) is 32.6 Å². The van der Waals surface area contributed by atoms with Crippen molar-refractivity contribution < 1.29 is 13.2 Å². The molecule has 1 unspecified atom stereocenters. The van der Waals surface area contributed by atoms with E-state index in [0.717, 1.165) is 19.4 Å². The second-order valence-electron chi connectivity index (χ2n) is 5.15. The molecule has 1 aromatic rings. The molecule has 0 saturated carbocycles. The van der Waals surface area contributed by atoms with Gasteiger partial charge in [-0.3, -0.25) is 0 Å². The third kappa shape index (κ3) is 3.50. The molecule has 1 saturated heterocycles. The Kier molecular flexibility index (Phi) is 5.01. The molecule has 0 bridgehead atoms. The van der Waals surface area contributed by atoms with Gasteiger partial charge in [-0.05, 0) is 31.4 Å². The Labute approximate surface area is 121 Å². The van der Waals surface area contributed by atoms with Crippen LogP contribution in [0.5, 0.6) is 0 Å². The molecule has 1 aliphatic rings. The van der Waals surface area contributed by atoms with Crippen molar-refractivity contribution in [3.8, 4) is 0 Å². The van der Waals surface area contributed by atoms with Crippen LogP contribution < -0.4 is 5.32 Å². The van der Waals surface area contributed by atoms with Gasteiger partial charge in [0.05, 0.1) is 11.8 Å². The van der Waals surface area contributed by atoms with E-state index >= 15 is 0 Å². The van der Waals surface area contributed by atoms with E-state index in [2.05, 4.69) is 5.32 Å². The average Bonchev–Trinajstić information content (AvgIpc) is 2.46. The van der Waals surface area contributed by atoms with Gasteiger partial charge >= 0.3 is 0 Å². The molecular formula is C14H22N2O3S. The van der Waals surface area contributed by atoms with E-state index in [1.54, 1.807) is 18.2 Å². The van der Waals surface area contributed by atoms with Gasteiger partial charge in [-0.15, -0.1) is 0 Å². The van der Waals surface area contributed by atoms with Gasteiger partial charge in [0.15, 0.2) is 0 Å². The maximum Gasteiger partial charge on any atom is 0.244 e. The van der Waals surface area contributed by atoms with Crippen molar-refractivity contribution >= 4 is 15.7 Å². The van der Waals surface area contributed by atoms with Crippen LogP contribution in [0.4, 0.5) is 5.69 Å². The van der Waals surface area contributed by atoms with Gasteiger partial charge in [-0.25, -0.2) is 12.7 Å². The lowest BCUT2D eigenvalue weighted by atomic mass is 10.1. The number of sulfonamides is 1. The molecule has 0 radical (unpaired) electrons. The number of para-hydroxylation sites is 1. The quantitative estimate of drug-likeness (QED) is 0.902. The molecule has 0 aromatic heterocycles. The first kappa shape index (κ1) is 15.3. The third-order valence-corrected chi connectivity index (χ3v) is 5.31. The van der Waals surface area contributed by atoms with Crippen LogP contribution in [0.25, 0.3) is 0 Å². The zero-order chi connectivity index (χ0) is 14.6. The van der Waals surface area contributed by atoms with Crippen LogP contribution in [-0.4, -0.2) is 46.1 Å². The highest BCUT2D eigenvalue weighted by Crippen LogP contribution is 2.23. The molecule has 1 N–H and O–H groups in total. The lowest BCUT2D eigenvalue weighted by Gasteiger charge is -2.24. The molecule has 20 heavy (non-hydrogen) atoms. The lowest BCUT2D eigenvalue weighted by Crippen LogP contribution is -2.28. The summed E-state index contributed by atoms with van der Waals surface area (Å²) in [7, 11) is -0.354. The first-order chi connectivity index (χ1) is 9.51.